The van der Waals surface area contributed by atoms with Crippen LogP contribution in [0.3, 0.4) is 0 Å². The average molecular weight is 378 g/mol. The quantitative estimate of drug-likeness (QED) is 0.546. The Bertz CT molecular complexity index is 1090. The Labute approximate surface area is 160 Å². The van der Waals surface area contributed by atoms with E-state index in [4.69, 9.17) is 4.74 Å². The second-order valence-electron chi connectivity index (χ2n) is 6.16. The van der Waals surface area contributed by atoms with Gasteiger partial charge in [0, 0.05) is 17.1 Å². The van der Waals surface area contributed by atoms with E-state index in [1.165, 1.54) is 11.3 Å². The Morgan fingerprint density at radius 2 is 2.15 bits per heavy atom. The lowest BCUT2D eigenvalue weighted by Crippen LogP contribution is -2.25. The van der Waals surface area contributed by atoms with Crippen molar-refractivity contribution in [2.45, 2.75) is 13.0 Å². The molecule has 3 heterocycles. The number of aromatic amines is 1. The van der Waals surface area contributed by atoms with Crippen molar-refractivity contribution in [1.82, 2.24) is 20.5 Å². The third-order valence-corrected chi connectivity index (χ3v) is 5.39. The SMILES string of the molecule is COc1cccc([C@@H](C)NC(=O)c2cc3ccc(-c4cn[nH]c4)nc3s2)c1. The monoisotopic (exact) mass is 378 g/mol. The van der Waals surface area contributed by atoms with E-state index < -0.39 is 0 Å². The van der Waals surface area contributed by atoms with Crippen LogP contribution in [0.5, 0.6) is 5.75 Å². The van der Waals surface area contributed by atoms with Gasteiger partial charge in [-0.3, -0.25) is 9.89 Å². The fourth-order valence-electron chi connectivity index (χ4n) is 2.84. The fraction of sp³-hybridized carbons (Fsp3) is 0.150. The fourth-order valence-corrected chi connectivity index (χ4v) is 3.78. The lowest BCUT2D eigenvalue weighted by Gasteiger charge is -2.14. The van der Waals surface area contributed by atoms with Crippen molar-refractivity contribution in [3.05, 3.63) is 65.3 Å². The molecule has 0 bridgehead atoms. The largest absolute Gasteiger partial charge is 0.497 e. The molecule has 0 aliphatic carbocycles. The number of hydrogen-bond acceptors (Lipinski definition) is 5. The van der Waals surface area contributed by atoms with Crippen LogP contribution in [0.25, 0.3) is 21.5 Å². The van der Waals surface area contributed by atoms with Gasteiger partial charge in [0.25, 0.3) is 5.91 Å². The zero-order valence-corrected chi connectivity index (χ0v) is 15.7. The molecule has 1 aromatic carbocycles. The van der Waals surface area contributed by atoms with Gasteiger partial charge in [-0.05, 0) is 42.8 Å². The van der Waals surface area contributed by atoms with Crippen LogP contribution in [-0.2, 0) is 0 Å². The zero-order valence-electron chi connectivity index (χ0n) is 14.9. The number of amides is 1. The number of benzene rings is 1. The molecule has 0 radical (unpaired) electrons. The summed E-state index contributed by atoms with van der Waals surface area (Å²) < 4.78 is 5.25. The molecule has 1 atom stereocenters. The summed E-state index contributed by atoms with van der Waals surface area (Å²) in [7, 11) is 1.63. The summed E-state index contributed by atoms with van der Waals surface area (Å²) in [5.74, 6) is 0.657. The first-order chi connectivity index (χ1) is 13.1. The van der Waals surface area contributed by atoms with Gasteiger partial charge in [-0.25, -0.2) is 4.98 Å². The van der Waals surface area contributed by atoms with Gasteiger partial charge in [-0.15, -0.1) is 11.3 Å². The number of pyridine rings is 1. The van der Waals surface area contributed by atoms with E-state index in [1.54, 1.807) is 19.5 Å². The molecule has 3 aromatic heterocycles. The number of thiophene rings is 1. The number of carbonyl (C=O) groups is 1. The number of nitrogens with one attached hydrogen (secondary N) is 2. The lowest BCUT2D eigenvalue weighted by molar-refractivity contribution is 0.0944. The second-order valence-corrected chi connectivity index (χ2v) is 7.19. The molecule has 4 rings (SSSR count). The van der Waals surface area contributed by atoms with Crippen LogP contribution in [-0.4, -0.2) is 28.2 Å². The van der Waals surface area contributed by atoms with Crippen molar-refractivity contribution < 1.29 is 9.53 Å². The first-order valence-corrected chi connectivity index (χ1v) is 9.30. The van der Waals surface area contributed by atoms with Gasteiger partial charge in [0.2, 0.25) is 0 Å². The molecule has 0 aliphatic heterocycles. The number of H-pyrrole nitrogens is 1. The normalized spacial score (nSPS) is 12.1. The Balaban J connectivity index is 1.55. The summed E-state index contributed by atoms with van der Waals surface area (Å²) in [6.07, 6.45) is 3.52. The van der Waals surface area contributed by atoms with Gasteiger partial charge in [-0.1, -0.05) is 12.1 Å². The standard InChI is InChI=1S/C20H18N4O2S/c1-12(13-4-3-5-16(8-13)26-2)23-19(25)18-9-14-6-7-17(24-20(14)27-18)15-10-21-22-11-15/h3-12H,1-2H3,(H,21,22)(H,23,25)/t12-/m1/s1. The highest BCUT2D eigenvalue weighted by atomic mass is 32.1. The lowest BCUT2D eigenvalue weighted by atomic mass is 10.1. The van der Waals surface area contributed by atoms with Crippen LogP contribution < -0.4 is 10.1 Å². The molecular formula is C20H18N4O2S. The second kappa shape index (κ2) is 7.20. The zero-order chi connectivity index (χ0) is 18.8. The summed E-state index contributed by atoms with van der Waals surface area (Å²) in [4.78, 5) is 18.8. The van der Waals surface area contributed by atoms with Crippen LogP contribution in [0.1, 0.15) is 28.2 Å². The molecule has 7 heteroatoms. The molecule has 1 amide bonds. The summed E-state index contributed by atoms with van der Waals surface area (Å²) in [6, 6.07) is 13.3. The highest BCUT2D eigenvalue weighted by Gasteiger charge is 2.15. The molecule has 0 unspecified atom stereocenters. The van der Waals surface area contributed by atoms with E-state index in [0.717, 1.165) is 32.8 Å². The van der Waals surface area contributed by atoms with Crippen LogP contribution in [0, 0.1) is 0 Å². The van der Waals surface area contributed by atoms with Crippen molar-refractivity contribution in [3.63, 3.8) is 0 Å². The van der Waals surface area contributed by atoms with E-state index in [9.17, 15) is 4.79 Å². The maximum atomic E-state index is 12.7. The Morgan fingerprint density at radius 1 is 1.26 bits per heavy atom. The van der Waals surface area contributed by atoms with Crippen molar-refractivity contribution in [3.8, 4) is 17.0 Å². The first kappa shape index (κ1) is 17.2. The molecular weight excluding hydrogens is 360 g/mol. The van der Waals surface area contributed by atoms with Gasteiger partial charge in [0.1, 0.15) is 10.6 Å². The van der Waals surface area contributed by atoms with Crippen molar-refractivity contribution in [2.75, 3.05) is 7.11 Å². The number of methoxy groups -OCH3 is 1. The predicted octanol–water partition coefficient (Wildman–Crippen LogP) is 4.19. The highest BCUT2D eigenvalue weighted by molar-refractivity contribution is 7.20. The maximum Gasteiger partial charge on any atom is 0.261 e. The van der Waals surface area contributed by atoms with Gasteiger partial charge < -0.3 is 10.1 Å². The van der Waals surface area contributed by atoms with Crippen LogP contribution in [0.4, 0.5) is 0 Å². The summed E-state index contributed by atoms with van der Waals surface area (Å²) in [5, 5.41) is 10.7. The van der Waals surface area contributed by atoms with E-state index in [-0.39, 0.29) is 11.9 Å². The summed E-state index contributed by atoms with van der Waals surface area (Å²) in [5.41, 5.74) is 2.74. The van der Waals surface area contributed by atoms with E-state index >= 15 is 0 Å². The highest BCUT2D eigenvalue weighted by Crippen LogP contribution is 2.28. The van der Waals surface area contributed by atoms with Crippen molar-refractivity contribution >= 4 is 27.5 Å². The molecule has 0 fully saturated rings. The molecule has 0 saturated heterocycles. The minimum Gasteiger partial charge on any atom is -0.497 e. The van der Waals surface area contributed by atoms with Crippen LogP contribution >= 0.6 is 11.3 Å². The number of carbonyl (C=O) groups excluding carboxylic acids is 1. The van der Waals surface area contributed by atoms with Crippen LogP contribution in [0.2, 0.25) is 0 Å². The van der Waals surface area contributed by atoms with Gasteiger partial charge in [0.15, 0.2) is 0 Å². The first-order valence-electron chi connectivity index (χ1n) is 8.48. The number of rotatable bonds is 5. The molecule has 0 spiro atoms. The van der Waals surface area contributed by atoms with E-state index in [1.807, 2.05) is 49.4 Å². The Kier molecular flexibility index (Phi) is 4.60. The molecule has 0 saturated carbocycles. The topological polar surface area (TPSA) is 79.9 Å². The van der Waals surface area contributed by atoms with E-state index in [0.29, 0.717) is 4.88 Å². The third-order valence-electron chi connectivity index (χ3n) is 4.34. The minimum absolute atomic E-state index is 0.113. The minimum atomic E-state index is -0.132. The molecule has 27 heavy (non-hydrogen) atoms. The van der Waals surface area contributed by atoms with E-state index in [2.05, 4.69) is 20.5 Å². The Hall–Kier alpha value is -3.19. The average Bonchev–Trinajstić information content (AvgIpc) is 3.37. The molecule has 0 aliphatic rings. The molecule has 6 nitrogen and oxygen atoms in total. The maximum absolute atomic E-state index is 12.7. The van der Waals surface area contributed by atoms with Gasteiger partial charge in [-0.2, -0.15) is 5.10 Å². The Morgan fingerprint density at radius 3 is 2.93 bits per heavy atom. The molecule has 2 N–H and O–H groups in total. The number of aromatic nitrogens is 3. The number of hydrogen-bond donors (Lipinski definition) is 2. The number of ether oxygens (including phenoxy) is 1. The molecule has 136 valence electrons. The van der Waals surface area contributed by atoms with Crippen LogP contribution in [0.15, 0.2) is 54.9 Å². The van der Waals surface area contributed by atoms with Gasteiger partial charge >= 0.3 is 0 Å². The smallest absolute Gasteiger partial charge is 0.261 e. The van der Waals surface area contributed by atoms with Crippen molar-refractivity contribution in [1.29, 1.82) is 0 Å². The van der Waals surface area contributed by atoms with Crippen molar-refractivity contribution in [2.24, 2.45) is 0 Å². The van der Waals surface area contributed by atoms with Gasteiger partial charge in [0.05, 0.1) is 29.9 Å². The summed E-state index contributed by atoms with van der Waals surface area (Å²) >= 11 is 1.38. The summed E-state index contributed by atoms with van der Waals surface area (Å²) in [6.45, 7) is 1.95. The number of fused-ring (bicyclic) bond motifs is 1. The third kappa shape index (κ3) is 3.54. The predicted molar refractivity (Wildman–Crippen MR) is 106 cm³/mol. The molecule has 4 aromatic rings. The number of nitrogens with zero attached hydrogens (tertiary/aromatic N) is 2.